The van der Waals surface area contributed by atoms with Gasteiger partial charge in [0.15, 0.2) is 0 Å². The minimum absolute atomic E-state index is 0.476. The molecule has 90 valence electrons. The Bertz CT molecular complexity index is 361. The molecular weight excluding hydrogens is 210 g/mol. The van der Waals surface area contributed by atoms with Crippen LogP contribution in [0.5, 0.6) is 0 Å². The topological polar surface area (TPSA) is 39.1 Å². The maximum atomic E-state index is 8.52. The molecule has 0 saturated carbocycles. The lowest BCUT2D eigenvalue weighted by Crippen LogP contribution is -2.42. The largest absolute Gasteiger partial charge is 0.302 e. The van der Waals surface area contributed by atoms with Crippen LogP contribution in [-0.4, -0.2) is 30.6 Å². The van der Waals surface area contributed by atoms with Gasteiger partial charge in [-0.15, -0.1) is 0 Å². The monoisotopic (exact) mass is 229 g/mol. The summed E-state index contributed by atoms with van der Waals surface area (Å²) in [7, 11) is 0. The molecule has 0 amide bonds. The molecule has 0 unspecified atom stereocenters. The van der Waals surface area contributed by atoms with Gasteiger partial charge in [-0.2, -0.15) is 5.26 Å². The molecule has 1 aliphatic heterocycles. The molecule has 0 bridgehead atoms. The first kappa shape index (κ1) is 12.1. The minimum atomic E-state index is 0.476. The zero-order valence-corrected chi connectivity index (χ0v) is 10.1. The highest BCUT2D eigenvalue weighted by Crippen LogP contribution is 2.13. The van der Waals surface area contributed by atoms with Gasteiger partial charge in [-0.25, -0.2) is 0 Å². The molecule has 2 rings (SSSR count). The summed E-state index contributed by atoms with van der Waals surface area (Å²) in [5, 5.41) is 11.8. The van der Waals surface area contributed by atoms with Crippen LogP contribution < -0.4 is 5.32 Å². The number of likely N-dealkylation sites (tertiary alicyclic amines) is 1. The number of rotatable bonds is 4. The van der Waals surface area contributed by atoms with E-state index in [1.165, 1.54) is 5.56 Å². The van der Waals surface area contributed by atoms with E-state index >= 15 is 0 Å². The minimum Gasteiger partial charge on any atom is -0.302 e. The van der Waals surface area contributed by atoms with E-state index in [9.17, 15) is 0 Å². The van der Waals surface area contributed by atoms with Gasteiger partial charge in [-0.1, -0.05) is 30.3 Å². The average molecular weight is 229 g/mol. The number of nitriles is 1. The second-order valence-corrected chi connectivity index (χ2v) is 4.58. The fraction of sp³-hybridized carbons (Fsp3) is 0.500. The molecule has 3 nitrogen and oxygen atoms in total. The average Bonchev–Trinajstić information content (AvgIpc) is 2.39. The molecule has 0 radical (unpaired) electrons. The summed E-state index contributed by atoms with van der Waals surface area (Å²) in [6.07, 6.45) is 2.29. The summed E-state index contributed by atoms with van der Waals surface area (Å²) in [6.45, 7) is 3.77. The van der Waals surface area contributed by atoms with Crippen molar-refractivity contribution in [3.63, 3.8) is 0 Å². The second-order valence-electron chi connectivity index (χ2n) is 4.58. The van der Waals surface area contributed by atoms with Gasteiger partial charge in [0.1, 0.15) is 0 Å². The van der Waals surface area contributed by atoms with Crippen LogP contribution in [0.2, 0.25) is 0 Å². The van der Waals surface area contributed by atoms with E-state index < -0.39 is 0 Å². The highest BCUT2D eigenvalue weighted by molar-refractivity contribution is 5.14. The molecule has 1 aliphatic rings. The third-order valence-corrected chi connectivity index (χ3v) is 3.31. The molecule has 1 heterocycles. The first-order chi connectivity index (χ1) is 8.38. The van der Waals surface area contributed by atoms with Crippen molar-refractivity contribution in [3.05, 3.63) is 35.9 Å². The van der Waals surface area contributed by atoms with Crippen molar-refractivity contribution in [2.45, 2.75) is 25.4 Å². The molecule has 1 aromatic rings. The lowest BCUT2D eigenvalue weighted by atomic mass is 10.0. The van der Waals surface area contributed by atoms with Crippen molar-refractivity contribution in [2.75, 3.05) is 19.6 Å². The lowest BCUT2D eigenvalue weighted by molar-refractivity contribution is 0.193. The van der Waals surface area contributed by atoms with E-state index in [0.29, 0.717) is 12.6 Å². The zero-order valence-electron chi connectivity index (χ0n) is 10.1. The Morgan fingerprint density at radius 1 is 1.24 bits per heavy atom. The van der Waals surface area contributed by atoms with Gasteiger partial charge in [0.05, 0.1) is 12.6 Å². The van der Waals surface area contributed by atoms with Gasteiger partial charge in [0.2, 0.25) is 0 Å². The van der Waals surface area contributed by atoms with Gasteiger partial charge in [0.25, 0.3) is 0 Å². The van der Waals surface area contributed by atoms with Crippen molar-refractivity contribution in [3.8, 4) is 6.07 Å². The molecule has 1 saturated heterocycles. The van der Waals surface area contributed by atoms with Crippen molar-refractivity contribution >= 4 is 0 Å². The molecule has 0 atom stereocenters. The summed E-state index contributed by atoms with van der Waals surface area (Å²) >= 11 is 0. The van der Waals surface area contributed by atoms with E-state index in [1.54, 1.807) is 0 Å². The molecule has 0 aromatic heterocycles. The smallest absolute Gasteiger partial charge is 0.0843 e. The SMILES string of the molecule is N#CCNC1CCN(Cc2ccccc2)CC1. The molecule has 1 N–H and O–H groups in total. The molecule has 1 fully saturated rings. The number of piperidine rings is 1. The predicted octanol–water partition coefficient (Wildman–Crippen LogP) is 1.76. The maximum Gasteiger partial charge on any atom is 0.0843 e. The van der Waals surface area contributed by atoms with Crippen LogP contribution >= 0.6 is 0 Å². The quantitative estimate of drug-likeness (QED) is 0.800. The van der Waals surface area contributed by atoms with E-state index in [-0.39, 0.29) is 0 Å². The molecule has 0 aliphatic carbocycles. The maximum absolute atomic E-state index is 8.52. The Morgan fingerprint density at radius 3 is 2.59 bits per heavy atom. The molecular formula is C14H19N3. The van der Waals surface area contributed by atoms with Crippen LogP contribution in [-0.2, 0) is 6.54 Å². The number of benzene rings is 1. The Labute approximate surface area is 103 Å². The van der Waals surface area contributed by atoms with Crippen LogP contribution in [0.4, 0.5) is 0 Å². The number of nitrogens with zero attached hydrogens (tertiary/aromatic N) is 2. The van der Waals surface area contributed by atoms with Crippen molar-refractivity contribution < 1.29 is 0 Å². The van der Waals surface area contributed by atoms with Gasteiger partial charge in [-0.05, 0) is 31.5 Å². The summed E-state index contributed by atoms with van der Waals surface area (Å²) in [5.41, 5.74) is 1.39. The van der Waals surface area contributed by atoms with E-state index in [0.717, 1.165) is 32.5 Å². The van der Waals surface area contributed by atoms with Gasteiger partial charge < -0.3 is 5.32 Å². The molecule has 0 spiro atoms. The molecule has 3 heteroatoms. The second kappa shape index (κ2) is 6.39. The van der Waals surface area contributed by atoms with Crippen molar-refractivity contribution in [1.82, 2.24) is 10.2 Å². The van der Waals surface area contributed by atoms with Crippen molar-refractivity contribution in [1.29, 1.82) is 5.26 Å². The fourth-order valence-corrected chi connectivity index (χ4v) is 2.33. The van der Waals surface area contributed by atoms with E-state index in [2.05, 4.69) is 46.6 Å². The summed E-state index contributed by atoms with van der Waals surface area (Å²) in [6, 6.07) is 13.3. The number of hydrogen-bond donors (Lipinski definition) is 1. The fourth-order valence-electron chi connectivity index (χ4n) is 2.33. The Kier molecular flexibility index (Phi) is 4.54. The number of hydrogen-bond acceptors (Lipinski definition) is 3. The first-order valence-electron chi connectivity index (χ1n) is 6.25. The number of nitrogens with one attached hydrogen (secondary N) is 1. The van der Waals surface area contributed by atoms with E-state index in [4.69, 9.17) is 5.26 Å². The van der Waals surface area contributed by atoms with E-state index in [1.807, 2.05) is 0 Å². The van der Waals surface area contributed by atoms with Crippen LogP contribution in [0.15, 0.2) is 30.3 Å². The lowest BCUT2D eigenvalue weighted by Gasteiger charge is -2.32. The first-order valence-corrected chi connectivity index (χ1v) is 6.25. The normalized spacial score (nSPS) is 17.8. The molecule has 1 aromatic carbocycles. The Balaban J connectivity index is 1.74. The van der Waals surface area contributed by atoms with Crippen LogP contribution in [0.3, 0.4) is 0 Å². The third-order valence-electron chi connectivity index (χ3n) is 3.31. The Hall–Kier alpha value is -1.37. The summed E-state index contributed by atoms with van der Waals surface area (Å²) < 4.78 is 0. The van der Waals surface area contributed by atoms with Gasteiger partial charge >= 0.3 is 0 Å². The highest BCUT2D eigenvalue weighted by atomic mass is 15.1. The van der Waals surface area contributed by atoms with Crippen molar-refractivity contribution in [2.24, 2.45) is 0 Å². The van der Waals surface area contributed by atoms with Gasteiger partial charge in [0, 0.05) is 12.6 Å². The third kappa shape index (κ3) is 3.85. The van der Waals surface area contributed by atoms with Crippen LogP contribution in [0.1, 0.15) is 18.4 Å². The van der Waals surface area contributed by atoms with Crippen LogP contribution in [0, 0.1) is 11.3 Å². The predicted molar refractivity (Wildman–Crippen MR) is 68.4 cm³/mol. The Morgan fingerprint density at radius 2 is 1.94 bits per heavy atom. The van der Waals surface area contributed by atoms with Crippen LogP contribution in [0.25, 0.3) is 0 Å². The summed E-state index contributed by atoms with van der Waals surface area (Å²) in [5.74, 6) is 0. The molecule has 17 heavy (non-hydrogen) atoms. The van der Waals surface area contributed by atoms with Gasteiger partial charge in [-0.3, -0.25) is 4.90 Å². The standard InChI is InChI=1S/C14H19N3/c15-8-9-16-14-6-10-17(11-7-14)12-13-4-2-1-3-5-13/h1-5,14,16H,6-7,9-12H2. The summed E-state index contributed by atoms with van der Waals surface area (Å²) in [4.78, 5) is 2.49. The highest BCUT2D eigenvalue weighted by Gasteiger charge is 2.18. The zero-order chi connectivity index (χ0) is 11.9.